The average Bonchev–Trinajstić information content (AvgIpc) is 2.67. The molecule has 3 N–H and O–H groups in total. The standard InChI is InChI=1S/C13H14N2O4/c1-2-11-10(7-12(17)18)13(19)15(14-11)8-3-5-9(16)6-4-8/h3-6,14,16H,2,7H2,1H3,(H,17,18). The second-order valence-corrected chi connectivity index (χ2v) is 4.15. The first-order valence-electron chi connectivity index (χ1n) is 5.87. The van der Waals surface area contributed by atoms with Crippen LogP contribution < -0.4 is 5.56 Å². The number of nitrogens with zero attached hydrogens (tertiary/aromatic N) is 1. The molecule has 2 aromatic rings. The summed E-state index contributed by atoms with van der Waals surface area (Å²) in [7, 11) is 0. The summed E-state index contributed by atoms with van der Waals surface area (Å²) in [6.45, 7) is 1.85. The summed E-state index contributed by atoms with van der Waals surface area (Å²) >= 11 is 0. The number of phenolic OH excluding ortho intramolecular Hbond substituents is 1. The number of aliphatic carboxylic acids is 1. The van der Waals surface area contributed by atoms with Gasteiger partial charge in [0.15, 0.2) is 0 Å². The van der Waals surface area contributed by atoms with Crippen molar-refractivity contribution in [3.8, 4) is 11.4 Å². The van der Waals surface area contributed by atoms with Crippen LogP contribution >= 0.6 is 0 Å². The zero-order valence-electron chi connectivity index (χ0n) is 10.4. The number of H-pyrrole nitrogens is 1. The maximum Gasteiger partial charge on any atom is 0.308 e. The number of benzene rings is 1. The Kier molecular flexibility index (Phi) is 3.41. The summed E-state index contributed by atoms with van der Waals surface area (Å²) < 4.78 is 1.29. The number of hydrogen-bond acceptors (Lipinski definition) is 3. The molecule has 0 amide bonds. The van der Waals surface area contributed by atoms with Crippen molar-refractivity contribution in [1.29, 1.82) is 0 Å². The van der Waals surface area contributed by atoms with Gasteiger partial charge in [-0.3, -0.25) is 14.7 Å². The molecule has 0 aliphatic rings. The largest absolute Gasteiger partial charge is 0.508 e. The Morgan fingerprint density at radius 1 is 1.32 bits per heavy atom. The van der Waals surface area contributed by atoms with Gasteiger partial charge in [-0.05, 0) is 30.7 Å². The zero-order valence-corrected chi connectivity index (χ0v) is 10.4. The minimum Gasteiger partial charge on any atom is -0.508 e. The number of aromatic hydroxyl groups is 1. The third kappa shape index (κ3) is 2.52. The van der Waals surface area contributed by atoms with Gasteiger partial charge in [0, 0.05) is 5.69 Å². The van der Waals surface area contributed by atoms with E-state index in [1.54, 1.807) is 12.1 Å². The number of carbonyl (C=O) groups is 1. The second-order valence-electron chi connectivity index (χ2n) is 4.15. The quantitative estimate of drug-likeness (QED) is 0.767. The number of aryl methyl sites for hydroxylation is 1. The van der Waals surface area contributed by atoms with Crippen LogP contribution in [0.3, 0.4) is 0 Å². The number of hydrogen-bond donors (Lipinski definition) is 3. The third-order valence-corrected chi connectivity index (χ3v) is 2.86. The van der Waals surface area contributed by atoms with Crippen LogP contribution in [0.4, 0.5) is 0 Å². The molecule has 0 aliphatic heterocycles. The van der Waals surface area contributed by atoms with Crippen LogP contribution in [0.1, 0.15) is 18.2 Å². The number of phenols is 1. The van der Waals surface area contributed by atoms with Crippen LogP contribution in [-0.2, 0) is 17.6 Å². The molecule has 0 saturated heterocycles. The molecular formula is C13H14N2O4. The molecule has 0 aliphatic carbocycles. The van der Waals surface area contributed by atoms with Crippen molar-refractivity contribution in [2.75, 3.05) is 0 Å². The van der Waals surface area contributed by atoms with Crippen LogP contribution in [0.15, 0.2) is 29.1 Å². The van der Waals surface area contributed by atoms with E-state index in [1.165, 1.54) is 16.8 Å². The SMILES string of the molecule is CCc1[nH]n(-c2ccc(O)cc2)c(=O)c1CC(=O)O. The lowest BCUT2D eigenvalue weighted by Crippen LogP contribution is -2.19. The molecule has 0 fully saturated rings. The molecule has 0 radical (unpaired) electrons. The monoisotopic (exact) mass is 262 g/mol. The number of rotatable bonds is 4. The lowest BCUT2D eigenvalue weighted by molar-refractivity contribution is -0.136. The molecule has 6 nitrogen and oxygen atoms in total. The van der Waals surface area contributed by atoms with E-state index in [2.05, 4.69) is 5.10 Å². The fourth-order valence-corrected chi connectivity index (χ4v) is 1.93. The number of aromatic amines is 1. The predicted molar refractivity (Wildman–Crippen MR) is 68.8 cm³/mol. The second kappa shape index (κ2) is 5.01. The Bertz CT molecular complexity index is 652. The van der Waals surface area contributed by atoms with Gasteiger partial charge in [0.1, 0.15) is 5.75 Å². The first-order chi connectivity index (χ1) is 9.02. The molecule has 19 heavy (non-hydrogen) atoms. The summed E-state index contributed by atoms with van der Waals surface area (Å²) in [6, 6.07) is 6.09. The molecule has 0 bridgehead atoms. The highest BCUT2D eigenvalue weighted by Gasteiger charge is 2.16. The van der Waals surface area contributed by atoms with Crippen LogP contribution in [0.2, 0.25) is 0 Å². The summed E-state index contributed by atoms with van der Waals surface area (Å²) in [5.41, 5.74) is 1.06. The van der Waals surface area contributed by atoms with Crippen molar-refractivity contribution in [2.45, 2.75) is 19.8 Å². The first kappa shape index (κ1) is 12.9. The molecule has 6 heteroatoms. The third-order valence-electron chi connectivity index (χ3n) is 2.86. The van der Waals surface area contributed by atoms with Gasteiger partial charge in [0.05, 0.1) is 17.7 Å². The maximum absolute atomic E-state index is 12.2. The van der Waals surface area contributed by atoms with Gasteiger partial charge in [-0.1, -0.05) is 6.92 Å². The van der Waals surface area contributed by atoms with E-state index in [0.29, 0.717) is 17.8 Å². The van der Waals surface area contributed by atoms with Gasteiger partial charge in [-0.15, -0.1) is 0 Å². The lowest BCUT2D eigenvalue weighted by atomic mass is 10.1. The van der Waals surface area contributed by atoms with Gasteiger partial charge < -0.3 is 10.2 Å². The Balaban J connectivity index is 2.53. The number of nitrogens with one attached hydrogen (secondary N) is 1. The van der Waals surface area contributed by atoms with E-state index in [9.17, 15) is 14.7 Å². The van der Waals surface area contributed by atoms with Crippen LogP contribution in [-0.4, -0.2) is 26.0 Å². The Morgan fingerprint density at radius 3 is 2.47 bits per heavy atom. The van der Waals surface area contributed by atoms with Crippen molar-refractivity contribution in [1.82, 2.24) is 9.78 Å². The van der Waals surface area contributed by atoms with Crippen molar-refractivity contribution in [2.24, 2.45) is 0 Å². The molecule has 2 rings (SSSR count). The van der Waals surface area contributed by atoms with Gasteiger partial charge in [-0.2, -0.15) is 0 Å². The van der Waals surface area contributed by atoms with E-state index < -0.39 is 5.97 Å². The van der Waals surface area contributed by atoms with Gasteiger partial charge in [0.2, 0.25) is 0 Å². The maximum atomic E-state index is 12.2. The van der Waals surface area contributed by atoms with Gasteiger partial charge >= 0.3 is 5.97 Å². The molecule has 1 heterocycles. The highest BCUT2D eigenvalue weighted by Crippen LogP contribution is 2.13. The summed E-state index contributed by atoms with van der Waals surface area (Å²) in [5.74, 6) is -0.937. The van der Waals surface area contributed by atoms with Crippen molar-refractivity contribution in [3.63, 3.8) is 0 Å². The minimum absolute atomic E-state index is 0.102. The summed E-state index contributed by atoms with van der Waals surface area (Å²) in [5, 5.41) is 21.0. The van der Waals surface area contributed by atoms with Crippen molar-refractivity contribution < 1.29 is 15.0 Å². The molecule has 100 valence electrons. The van der Waals surface area contributed by atoms with Crippen LogP contribution in [0, 0.1) is 0 Å². The van der Waals surface area contributed by atoms with Crippen molar-refractivity contribution in [3.05, 3.63) is 45.9 Å². The lowest BCUT2D eigenvalue weighted by Gasteiger charge is -2.01. The number of carboxylic acids is 1. The molecular weight excluding hydrogens is 248 g/mol. The number of aromatic nitrogens is 2. The fourth-order valence-electron chi connectivity index (χ4n) is 1.93. The highest BCUT2D eigenvalue weighted by molar-refractivity contribution is 5.70. The Labute approximate surface area is 108 Å². The van der Waals surface area contributed by atoms with Gasteiger partial charge in [-0.25, -0.2) is 4.68 Å². The molecule has 1 aromatic carbocycles. The van der Waals surface area contributed by atoms with E-state index in [4.69, 9.17) is 5.11 Å². The van der Waals surface area contributed by atoms with E-state index in [0.717, 1.165) is 0 Å². The predicted octanol–water partition coefficient (Wildman–Crippen LogP) is 1.06. The zero-order chi connectivity index (χ0) is 14.0. The molecule has 0 saturated carbocycles. The van der Waals surface area contributed by atoms with Crippen molar-refractivity contribution >= 4 is 5.97 Å². The molecule has 0 spiro atoms. The Hall–Kier alpha value is -2.50. The van der Waals surface area contributed by atoms with E-state index >= 15 is 0 Å². The smallest absolute Gasteiger partial charge is 0.308 e. The van der Waals surface area contributed by atoms with Crippen LogP contribution in [0.25, 0.3) is 5.69 Å². The molecule has 1 aromatic heterocycles. The van der Waals surface area contributed by atoms with Gasteiger partial charge in [0.25, 0.3) is 5.56 Å². The first-order valence-corrected chi connectivity index (χ1v) is 5.87. The topological polar surface area (TPSA) is 95.3 Å². The minimum atomic E-state index is -1.04. The normalized spacial score (nSPS) is 10.6. The van der Waals surface area contributed by atoms with Crippen LogP contribution in [0.5, 0.6) is 5.75 Å². The molecule has 0 unspecified atom stereocenters. The highest BCUT2D eigenvalue weighted by atomic mass is 16.4. The Morgan fingerprint density at radius 2 is 1.95 bits per heavy atom. The summed E-state index contributed by atoms with van der Waals surface area (Å²) in [4.78, 5) is 23.0. The van der Waals surface area contributed by atoms with E-state index in [-0.39, 0.29) is 23.3 Å². The molecule has 0 atom stereocenters. The number of carboxylic acid groups (broad SMARTS) is 1. The average molecular weight is 262 g/mol. The fraction of sp³-hybridized carbons (Fsp3) is 0.231. The summed E-state index contributed by atoms with van der Waals surface area (Å²) in [6.07, 6.45) is 0.243. The van der Waals surface area contributed by atoms with E-state index in [1.807, 2.05) is 6.92 Å².